The van der Waals surface area contributed by atoms with E-state index in [-0.39, 0.29) is 24.8 Å². The summed E-state index contributed by atoms with van der Waals surface area (Å²) in [6.45, 7) is 5.39. The zero-order valence-corrected chi connectivity index (χ0v) is 26.8. The van der Waals surface area contributed by atoms with Crippen LogP contribution in [0.3, 0.4) is 0 Å². The minimum Gasteiger partial charge on any atom is -0.396 e. The number of aliphatic hydroxyl groups excluding tert-OH is 1. The third-order valence-electron chi connectivity index (χ3n) is 9.43. The summed E-state index contributed by atoms with van der Waals surface area (Å²) in [5, 5.41) is 11.8. The summed E-state index contributed by atoms with van der Waals surface area (Å²) in [4.78, 5) is 31.3. The lowest BCUT2D eigenvalue weighted by atomic mass is 9.82. The highest BCUT2D eigenvalue weighted by molar-refractivity contribution is 9.10. The molecule has 3 heterocycles. The molecule has 43 heavy (non-hydrogen) atoms. The lowest BCUT2D eigenvalue weighted by molar-refractivity contribution is -0.146. The fourth-order valence-corrected chi connectivity index (χ4v) is 10.6. The predicted octanol–water partition coefficient (Wildman–Crippen LogP) is 7.60. The molecule has 0 saturated carbocycles. The summed E-state index contributed by atoms with van der Waals surface area (Å²) < 4.78 is 23.2. The maximum Gasteiger partial charge on any atom is 0.264 e. The molecule has 1 fully saturated rings. The summed E-state index contributed by atoms with van der Waals surface area (Å²) in [6, 6.07) is 25.1. The second kappa shape index (κ2) is 10.1. The molecule has 220 valence electrons. The molecule has 4 aromatic rings. The Morgan fingerprint density at radius 2 is 1.72 bits per heavy atom. The third-order valence-corrected chi connectivity index (χ3v) is 12.4. The van der Waals surface area contributed by atoms with Crippen molar-refractivity contribution in [1.29, 1.82) is 0 Å². The van der Waals surface area contributed by atoms with Gasteiger partial charge in [0, 0.05) is 39.2 Å². The van der Waals surface area contributed by atoms with Gasteiger partial charge in [-0.05, 0) is 72.9 Å². The van der Waals surface area contributed by atoms with Crippen LogP contribution in [0.25, 0.3) is 10.8 Å². The molecule has 0 radical (unpaired) electrons. The first kappa shape index (κ1) is 28.4. The number of ether oxygens (including phenoxy) is 1. The van der Waals surface area contributed by atoms with Crippen molar-refractivity contribution in [1.82, 2.24) is 0 Å². The average Bonchev–Trinajstić information content (AvgIpc) is 3.52. The number of amides is 2. The number of fused-ring (bicyclic) bond motifs is 2. The summed E-state index contributed by atoms with van der Waals surface area (Å²) in [5.41, 5.74) is 2.89. The molecule has 7 rings (SSSR count). The van der Waals surface area contributed by atoms with Crippen LogP contribution in [0.5, 0.6) is 0 Å². The van der Waals surface area contributed by atoms with Crippen LogP contribution >= 0.6 is 15.9 Å². The van der Waals surface area contributed by atoms with Crippen molar-refractivity contribution in [2.75, 3.05) is 16.4 Å². The van der Waals surface area contributed by atoms with Crippen LogP contribution in [0, 0.1) is 5.92 Å². The summed E-state index contributed by atoms with van der Waals surface area (Å²) in [6.07, 6.45) is -0.268. The van der Waals surface area contributed by atoms with Crippen LogP contribution < -0.4 is 9.80 Å². The normalized spacial score (nSPS) is 24.6. The Bertz CT molecular complexity index is 1790. The van der Waals surface area contributed by atoms with Gasteiger partial charge < -0.3 is 18.9 Å². The van der Waals surface area contributed by atoms with E-state index in [2.05, 4.69) is 15.9 Å². The second-order valence-corrected chi connectivity index (χ2v) is 17.0. The average molecular weight is 660 g/mol. The van der Waals surface area contributed by atoms with Crippen molar-refractivity contribution in [2.45, 2.75) is 50.2 Å². The Balaban J connectivity index is 1.22. The molecule has 4 aromatic carbocycles. The molecule has 3 aliphatic heterocycles. The quantitative estimate of drug-likeness (QED) is 0.171. The molecule has 1 spiro atoms. The van der Waals surface area contributed by atoms with Gasteiger partial charge in [0.2, 0.25) is 8.41 Å². The van der Waals surface area contributed by atoms with E-state index in [0.29, 0.717) is 12.1 Å². The fourth-order valence-electron chi connectivity index (χ4n) is 7.68. The van der Waals surface area contributed by atoms with Gasteiger partial charge in [0.05, 0.1) is 29.6 Å². The Morgan fingerprint density at radius 3 is 2.42 bits per heavy atom. The molecule has 1 N–H and O–H groups in total. The number of aliphatic hydroxyl groups is 1. The van der Waals surface area contributed by atoms with E-state index in [1.54, 1.807) is 22.9 Å². The van der Waals surface area contributed by atoms with Crippen LogP contribution in [0.1, 0.15) is 34.8 Å². The SMILES string of the molecule is C[C@@H]1[C@@H]([Si](C)(C)F)[C@H](CCO)O[C@@]12C(=O)N(Cc1ccc(N3C(=O)c4cccc5cccc3c45)cc1)c1ccc(Br)cc12. The molecule has 2 amide bonds. The Morgan fingerprint density at radius 1 is 1.00 bits per heavy atom. The first-order valence-electron chi connectivity index (χ1n) is 14.6. The highest BCUT2D eigenvalue weighted by Gasteiger charge is 2.66. The number of rotatable bonds is 6. The summed E-state index contributed by atoms with van der Waals surface area (Å²) in [7, 11) is -3.26. The molecule has 0 aliphatic carbocycles. The van der Waals surface area contributed by atoms with Gasteiger partial charge in [0.1, 0.15) is 0 Å². The van der Waals surface area contributed by atoms with E-state index in [4.69, 9.17) is 4.74 Å². The molecular weight excluding hydrogens is 627 g/mol. The maximum absolute atomic E-state index is 15.7. The number of benzene rings is 4. The number of halogens is 2. The van der Waals surface area contributed by atoms with Crippen LogP contribution in [0.4, 0.5) is 21.2 Å². The van der Waals surface area contributed by atoms with Gasteiger partial charge in [-0.25, -0.2) is 0 Å². The van der Waals surface area contributed by atoms with Crippen LogP contribution in [0.2, 0.25) is 18.6 Å². The van der Waals surface area contributed by atoms with Gasteiger partial charge in [-0.3, -0.25) is 14.5 Å². The number of anilines is 3. The smallest absolute Gasteiger partial charge is 0.264 e. The van der Waals surface area contributed by atoms with Crippen molar-refractivity contribution in [3.63, 3.8) is 0 Å². The lowest BCUT2D eigenvalue weighted by Gasteiger charge is -2.31. The number of carbonyl (C=O) groups is 2. The van der Waals surface area contributed by atoms with E-state index >= 15 is 4.11 Å². The van der Waals surface area contributed by atoms with E-state index in [0.717, 1.165) is 43.4 Å². The number of carbonyl (C=O) groups excluding carboxylic acids is 2. The van der Waals surface area contributed by atoms with Gasteiger partial charge in [0.25, 0.3) is 11.8 Å². The van der Waals surface area contributed by atoms with Crippen molar-refractivity contribution in [3.8, 4) is 0 Å². The Hall–Kier alpha value is -3.37. The number of hydrogen-bond acceptors (Lipinski definition) is 4. The van der Waals surface area contributed by atoms with Gasteiger partial charge in [-0.15, -0.1) is 0 Å². The minimum absolute atomic E-state index is 0.0607. The minimum atomic E-state index is -3.26. The Kier molecular flexibility index (Phi) is 6.66. The van der Waals surface area contributed by atoms with Gasteiger partial charge in [-0.1, -0.05) is 59.3 Å². The van der Waals surface area contributed by atoms with Crippen molar-refractivity contribution in [3.05, 3.63) is 100 Å². The molecule has 4 atom stereocenters. The van der Waals surface area contributed by atoms with E-state index in [9.17, 15) is 14.7 Å². The highest BCUT2D eigenvalue weighted by atomic mass is 79.9. The molecule has 9 heteroatoms. The zero-order valence-electron chi connectivity index (χ0n) is 24.2. The summed E-state index contributed by atoms with van der Waals surface area (Å²) >= 11 is 3.57. The second-order valence-electron chi connectivity index (χ2n) is 12.3. The molecule has 0 bridgehead atoms. The van der Waals surface area contributed by atoms with Crippen molar-refractivity contribution in [2.24, 2.45) is 5.92 Å². The topological polar surface area (TPSA) is 70.1 Å². The van der Waals surface area contributed by atoms with Crippen molar-refractivity contribution >= 4 is 64.0 Å². The Labute approximate surface area is 259 Å². The van der Waals surface area contributed by atoms with Gasteiger partial charge in [-0.2, -0.15) is 0 Å². The van der Waals surface area contributed by atoms with E-state index in [1.165, 1.54) is 0 Å². The van der Waals surface area contributed by atoms with E-state index in [1.807, 2.05) is 85.8 Å². The number of nitrogens with zero attached hydrogens (tertiary/aromatic N) is 2. The zero-order chi connectivity index (χ0) is 30.3. The van der Waals surface area contributed by atoms with Crippen LogP contribution in [0.15, 0.2) is 83.3 Å². The highest BCUT2D eigenvalue weighted by Crippen LogP contribution is 2.60. The molecular formula is C34H32BrFN2O4Si. The van der Waals surface area contributed by atoms with Gasteiger partial charge in [0.15, 0.2) is 5.60 Å². The van der Waals surface area contributed by atoms with Crippen LogP contribution in [-0.2, 0) is 21.7 Å². The predicted molar refractivity (Wildman–Crippen MR) is 172 cm³/mol. The molecule has 3 aliphatic rings. The van der Waals surface area contributed by atoms with Gasteiger partial charge >= 0.3 is 0 Å². The third kappa shape index (κ3) is 4.16. The molecule has 6 nitrogen and oxygen atoms in total. The summed E-state index contributed by atoms with van der Waals surface area (Å²) in [5.74, 6) is -0.679. The maximum atomic E-state index is 15.7. The first-order chi connectivity index (χ1) is 20.6. The monoisotopic (exact) mass is 658 g/mol. The largest absolute Gasteiger partial charge is 0.396 e. The van der Waals surface area contributed by atoms with E-state index < -0.39 is 31.6 Å². The fraction of sp³-hybridized carbons (Fsp3) is 0.294. The first-order valence-corrected chi connectivity index (χ1v) is 18.4. The standard InChI is InChI=1S/C34H32BrFN2O4Si/c1-20-31(43(2,3)36)29(16-17-39)42-34(20)26-18-23(35)12-15-27(26)37(33(34)41)19-21-10-13-24(14-11-21)38-28-9-5-7-22-6-4-8-25(30(22)28)32(38)40/h4-15,18,20,29,31,39H,16-17,19H2,1-3H3/t20-,29+,31-,34+/m1/s1. The van der Waals surface area contributed by atoms with Crippen LogP contribution in [-0.4, -0.2) is 38.0 Å². The van der Waals surface area contributed by atoms with Crippen molar-refractivity contribution < 1.29 is 23.5 Å². The molecule has 0 unspecified atom stereocenters. The lowest BCUT2D eigenvalue weighted by Crippen LogP contribution is -2.45. The molecule has 0 aromatic heterocycles. The number of hydrogen-bond donors (Lipinski definition) is 1. The molecule has 1 saturated heterocycles.